The molecule has 1 aromatic heterocycles. The Balaban J connectivity index is 2.01. The maximum absolute atomic E-state index is 11.8. The number of aryl methyl sites for hydroxylation is 2. The number of aromatic carboxylic acids is 1. The third-order valence-electron chi connectivity index (χ3n) is 2.62. The van der Waals surface area contributed by atoms with Gasteiger partial charge >= 0.3 is 5.97 Å². The highest BCUT2D eigenvalue weighted by atomic mass is 79.9. The van der Waals surface area contributed by atoms with Gasteiger partial charge in [0.15, 0.2) is 5.82 Å². The first-order chi connectivity index (χ1) is 9.95. The summed E-state index contributed by atoms with van der Waals surface area (Å²) in [6.45, 7) is 1.69. The second-order valence-corrected chi connectivity index (χ2v) is 5.19. The van der Waals surface area contributed by atoms with Gasteiger partial charge < -0.3 is 14.9 Å². The molecule has 2 aromatic rings. The van der Waals surface area contributed by atoms with Crippen molar-refractivity contribution in [1.29, 1.82) is 0 Å². The Morgan fingerprint density at radius 3 is 2.81 bits per heavy atom. The minimum Gasteiger partial charge on any atom is -0.478 e. The zero-order chi connectivity index (χ0) is 15.4. The highest BCUT2D eigenvalue weighted by Crippen LogP contribution is 2.21. The lowest BCUT2D eigenvalue weighted by molar-refractivity contribution is -0.116. The number of rotatable bonds is 5. The Morgan fingerprint density at radius 2 is 2.19 bits per heavy atom. The van der Waals surface area contributed by atoms with Gasteiger partial charge in [-0.15, -0.1) is 0 Å². The summed E-state index contributed by atoms with van der Waals surface area (Å²) in [6.07, 6.45) is 0.419. The topological polar surface area (TPSA) is 105 Å². The van der Waals surface area contributed by atoms with Crippen LogP contribution in [0.25, 0.3) is 0 Å². The number of hydrogen-bond acceptors (Lipinski definition) is 5. The lowest BCUT2D eigenvalue weighted by Gasteiger charge is -2.08. The quantitative estimate of drug-likeness (QED) is 0.854. The van der Waals surface area contributed by atoms with Crippen molar-refractivity contribution in [2.24, 2.45) is 0 Å². The first kappa shape index (κ1) is 15.2. The van der Waals surface area contributed by atoms with E-state index in [9.17, 15) is 9.59 Å². The number of halogens is 1. The molecular formula is C13H12BrN3O4. The fourth-order valence-electron chi connectivity index (χ4n) is 1.68. The number of carboxylic acid groups (broad SMARTS) is 1. The summed E-state index contributed by atoms with van der Waals surface area (Å²) in [5.41, 5.74) is 0.267. The van der Waals surface area contributed by atoms with Gasteiger partial charge in [0.05, 0.1) is 11.3 Å². The molecule has 0 atom stereocenters. The molecule has 0 spiro atoms. The first-order valence-corrected chi connectivity index (χ1v) is 6.87. The number of benzene rings is 1. The highest BCUT2D eigenvalue weighted by Gasteiger charge is 2.14. The Kier molecular flexibility index (Phi) is 4.69. The van der Waals surface area contributed by atoms with Crippen molar-refractivity contribution in [3.63, 3.8) is 0 Å². The molecule has 1 heterocycles. The maximum Gasteiger partial charge on any atom is 0.337 e. The SMILES string of the molecule is Cc1noc(CCC(=O)Nc2ccc(Br)cc2C(=O)O)n1. The molecule has 0 saturated carbocycles. The molecular weight excluding hydrogens is 342 g/mol. The molecule has 0 bridgehead atoms. The van der Waals surface area contributed by atoms with Crippen molar-refractivity contribution < 1.29 is 19.2 Å². The molecule has 1 amide bonds. The predicted molar refractivity (Wildman–Crippen MR) is 77.1 cm³/mol. The fourth-order valence-corrected chi connectivity index (χ4v) is 2.04. The maximum atomic E-state index is 11.8. The average Bonchev–Trinajstić information content (AvgIpc) is 2.84. The number of anilines is 1. The van der Waals surface area contributed by atoms with E-state index in [0.717, 1.165) is 0 Å². The molecule has 0 aliphatic rings. The minimum atomic E-state index is -1.11. The summed E-state index contributed by atoms with van der Waals surface area (Å²) >= 11 is 3.19. The van der Waals surface area contributed by atoms with Gasteiger partial charge in [-0.2, -0.15) is 4.98 Å². The van der Waals surface area contributed by atoms with Crippen LogP contribution in [0.3, 0.4) is 0 Å². The molecule has 0 aliphatic heterocycles. The summed E-state index contributed by atoms with van der Waals surface area (Å²) in [4.78, 5) is 27.0. The summed E-state index contributed by atoms with van der Waals surface area (Å²) in [6, 6.07) is 4.62. The minimum absolute atomic E-state index is 0.0198. The molecule has 0 radical (unpaired) electrons. The van der Waals surface area contributed by atoms with Gasteiger partial charge in [-0.1, -0.05) is 21.1 Å². The van der Waals surface area contributed by atoms with Crippen molar-refractivity contribution >= 4 is 33.5 Å². The van der Waals surface area contributed by atoms with Crippen LogP contribution in [-0.2, 0) is 11.2 Å². The number of nitrogens with one attached hydrogen (secondary N) is 1. The van der Waals surface area contributed by atoms with Crippen LogP contribution in [0.15, 0.2) is 27.2 Å². The van der Waals surface area contributed by atoms with Crippen LogP contribution in [0.1, 0.15) is 28.5 Å². The molecule has 0 unspecified atom stereocenters. The zero-order valence-corrected chi connectivity index (χ0v) is 12.7. The van der Waals surface area contributed by atoms with Crippen molar-refractivity contribution in [1.82, 2.24) is 10.1 Å². The van der Waals surface area contributed by atoms with E-state index in [1.165, 1.54) is 12.1 Å². The lowest BCUT2D eigenvalue weighted by Crippen LogP contribution is -2.15. The molecule has 8 heteroatoms. The summed E-state index contributed by atoms with van der Waals surface area (Å²) in [5.74, 6) is -0.557. The number of amides is 1. The van der Waals surface area contributed by atoms with Gasteiger partial charge in [0, 0.05) is 17.3 Å². The summed E-state index contributed by atoms with van der Waals surface area (Å²) in [5, 5.41) is 15.3. The van der Waals surface area contributed by atoms with Gasteiger partial charge in [-0.05, 0) is 25.1 Å². The van der Waals surface area contributed by atoms with Crippen LogP contribution < -0.4 is 5.32 Å². The van der Waals surface area contributed by atoms with E-state index >= 15 is 0 Å². The van der Waals surface area contributed by atoms with E-state index in [0.29, 0.717) is 22.6 Å². The zero-order valence-electron chi connectivity index (χ0n) is 11.1. The van der Waals surface area contributed by atoms with Crippen LogP contribution in [0.2, 0.25) is 0 Å². The molecule has 21 heavy (non-hydrogen) atoms. The predicted octanol–water partition coefficient (Wildman–Crippen LogP) is 2.41. The number of carboxylic acids is 1. The summed E-state index contributed by atoms with van der Waals surface area (Å²) in [7, 11) is 0. The number of nitrogens with zero attached hydrogens (tertiary/aromatic N) is 2. The van der Waals surface area contributed by atoms with E-state index in [2.05, 4.69) is 31.4 Å². The van der Waals surface area contributed by atoms with E-state index in [4.69, 9.17) is 9.63 Å². The fraction of sp³-hybridized carbons (Fsp3) is 0.231. The monoisotopic (exact) mass is 353 g/mol. The molecule has 0 fully saturated rings. The van der Waals surface area contributed by atoms with E-state index in [1.54, 1.807) is 13.0 Å². The standard InChI is InChI=1S/C13H12BrN3O4/c1-7-15-12(21-17-7)5-4-11(18)16-10-3-2-8(14)6-9(10)13(19)20/h2-3,6H,4-5H2,1H3,(H,16,18)(H,19,20). The number of hydrogen-bond donors (Lipinski definition) is 2. The number of aromatic nitrogens is 2. The third kappa shape index (κ3) is 4.12. The normalized spacial score (nSPS) is 10.4. The third-order valence-corrected chi connectivity index (χ3v) is 3.11. The second kappa shape index (κ2) is 6.49. The first-order valence-electron chi connectivity index (χ1n) is 6.07. The van der Waals surface area contributed by atoms with Gasteiger partial charge in [0.2, 0.25) is 11.8 Å². The average molecular weight is 354 g/mol. The van der Waals surface area contributed by atoms with Crippen molar-refractivity contribution in [2.45, 2.75) is 19.8 Å². The van der Waals surface area contributed by atoms with E-state index < -0.39 is 5.97 Å². The van der Waals surface area contributed by atoms with Crippen LogP contribution >= 0.6 is 15.9 Å². The van der Waals surface area contributed by atoms with Gasteiger partial charge in [0.25, 0.3) is 0 Å². The van der Waals surface area contributed by atoms with Crippen LogP contribution in [0.5, 0.6) is 0 Å². The smallest absolute Gasteiger partial charge is 0.337 e. The van der Waals surface area contributed by atoms with Crippen molar-refractivity contribution in [3.05, 3.63) is 40.0 Å². The Bertz CT molecular complexity index is 684. The summed E-state index contributed by atoms with van der Waals surface area (Å²) < 4.78 is 5.53. The number of carbonyl (C=O) groups is 2. The van der Waals surface area contributed by atoms with E-state index in [-0.39, 0.29) is 23.6 Å². The van der Waals surface area contributed by atoms with Crippen molar-refractivity contribution in [3.8, 4) is 0 Å². The number of carbonyl (C=O) groups excluding carboxylic acids is 1. The van der Waals surface area contributed by atoms with Crippen LogP contribution in [-0.4, -0.2) is 27.1 Å². The molecule has 7 nitrogen and oxygen atoms in total. The van der Waals surface area contributed by atoms with Gasteiger partial charge in [-0.25, -0.2) is 4.79 Å². The Morgan fingerprint density at radius 1 is 1.43 bits per heavy atom. The van der Waals surface area contributed by atoms with Gasteiger partial charge in [-0.3, -0.25) is 4.79 Å². The molecule has 2 rings (SSSR count). The lowest BCUT2D eigenvalue weighted by atomic mass is 10.1. The molecule has 1 aromatic carbocycles. The molecule has 0 saturated heterocycles. The Labute approximate surface area is 128 Å². The van der Waals surface area contributed by atoms with Gasteiger partial charge in [0.1, 0.15) is 0 Å². The van der Waals surface area contributed by atoms with Crippen LogP contribution in [0, 0.1) is 6.92 Å². The Hall–Kier alpha value is -2.22. The van der Waals surface area contributed by atoms with Crippen molar-refractivity contribution in [2.75, 3.05) is 5.32 Å². The second-order valence-electron chi connectivity index (χ2n) is 4.28. The van der Waals surface area contributed by atoms with E-state index in [1.807, 2.05) is 0 Å². The molecule has 110 valence electrons. The van der Waals surface area contributed by atoms with Crippen LogP contribution in [0.4, 0.5) is 5.69 Å². The molecule has 0 aliphatic carbocycles. The largest absolute Gasteiger partial charge is 0.478 e. The molecule has 2 N–H and O–H groups in total. The highest BCUT2D eigenvalue weighted by molar-refractivity contribution is 9.10.